The van der Waals surface area contributed by atoms with Crippen LogP contribution in [0.2, 0.25) is 0 Å². The van der Waals surface area contributed by atoms with E-state index in [1.165, 1.54) is 106 Å². The lowest BCUT2D eigenvalue weighted by atomic mass is 10.0. The summed E-state index contributed by atoms with van der Waals surface area (Å²) in [5.74, 6) is 0. The van der Waals surface area contributed by atoms with Crippen LogP contribution in [0.5, 0.6) is 0 Å². The molecule has 0 spiro atoms. The molecule has 25 heavy (non-hydrogen) atoms. The molecule has 0 nitrogen and oxygen atoms in total. The van der Waals surface area contributed by atoms with Crippen LogP contribution in [0, 0.1) is 0 Å². The molecule has 1 aromatic carbocycles. The van der Waals surface area contributed by atoms with Crippen LogP contribution in [0.1, 0.15) is 102 Å². The van der Waals surface area contributed by atoms with Crippen LogP contribution >= 0.6 is 11.3 Å². The first-order valence-corrected chi connectivity index (χ1v) is 11.7. The number of rotatable bonds is 15. The minimum Gasteiger partial charge on any atom is -0.140 e. The first kappa shape index (κ1) is 20.5. The number of benzene rings is 1. The summed E-state index contributed by atoms with van der Waals surface area (Å²) in [4.78, 5) is 1.57. The second kappa shape index (κ2) is 13.4. The lowest BCUT2D eigenvalue weighted by Crippen LogP contribution is -1.84. The summed E-state index contributed by atoms with van der Waals surface area (Å²) in [7, 11) is 0. The fourth-order valence-electron chi connectivity index (χ4n) is 3.65. The van der Waals surface area contributed by atoms with E-state index in [9.17, 15) is 0 Å². The van der Waals surface area contributed by atoms with Crippen molar-refractivity contribution in [3.05, 3.63) is 35.2 Å². The number of unbranched alkanes of at least 4 members (excludes halogenated alkanes) is 13. The highest BCUT2D eigenvalue weighted by Crippen LogP contribution is 2.26. The molecule has 0 saturated heterocycles. The Balaban J connectivity index is 1.36. The van der Waals surface area contributed by atoms with Crippen LogP contribution in [0.25, 0.3) is 10.1 Å². The summed E-state index contributed by atoms with van der Waals surface area (Å²) < 4.78 is 1.45. The van der Waals surface area contributed by atoms with E-state index in [0.717, 1.165) is 0 Å². The highest BCUT2D eigenvalue weighted by molar-refractivity contribution is 7.19. The van der Waals surface area contributed by atoms with E-state index in [4.69, 9.17) is 0 Å². The summed E-state index contributed by atoms with van der Waals surface area (Å²) in [6.07, 6.45) is 21.4. The summed E-state index contributed by atoms with van der Waals surface area (Å²) in [6.45, 7) is 2.30. The van der Waals surface area contributed by atoms with Gasteiger partial charge in [-0.2, -0.15) is 0 Å². The topological polar surface area (TPSA) is 0 Å². The maximum Gasteiger partial charge on any atom is 0.0345 e. The zero-order valence-electron chi connectivity index (χ0n) is 16.4. The van der Waals surface area contributed by atoms with Crippen molar-refractivity contribution in [1.29, 1.82) is 0 Å². The maximum atomic E-state index is 2.39. The molecule has 0 aliphatic heterocycles. The minimum absolute atomic E-state index is 1.28. The smallest absolute Gasteiger partial charge is 0.0345 e. The van der Waals surface area contributed by atoms with Gasteiger partial charge in [-0.25, -0.2) is 0 Å². The summed E-state index contributed by atoms with van der Waals surface area (Å²) in [5, 5.41) is 1.42. The van der Waals surface area contributed by atoms with Gasteiger partial charge in [0, 0.05) is 9.58 Å². The molecular weight excluding hydrogens is 320 g/mol. The van der Waals surface area contributed by atoms with Crippen LogP contribution < -0.4 is 0 Å². The molecule has 0 fully saturated rings. The fraction of sp³-hybridized carbons (Fsp3) is 0.667. The van der Waals surface area contributed by atoms with Crippen LogP contribution in [0.3, 0.4) is 0 Å². The van der Waals surface area contributed by atoms with Gasteiger partial charge in [-0.3, -0.25) is 0 Å². The van der Waals surface area contributed by atoms with Crippen molar-refractivity contribution in [1.82, 2.24) is 0 Å². The highest BCUT2D eigenvalue weighted by Gasteiger charge is 2.01. The van der Waals surface area contributed by atoms with Crippen molar-refractivity contribution in [2.75, 3.05) is 0 Å². The van der Waals surface area contributed by atoms with Crippen molar-refractivity contribution < 1.29 is 0 Å². The number of aryl methyl sites for hydroxylation is 1. The van der Waals surface area contributed by atoms with Gasteiger partial charge >= 0.3 is 0 Å². The Morgan fingerprint density at radius 2 is 1.16 bits per heavy atom. The quantitative estimate of drug-likeness (QED) is 0.279. The molecule has 2 aromatic rings. The highest BCUT2D eigenvalue weighted by atomic mass is 32.1. The lowest BCUT2D eigenvalue weighted by molar-refractivity contribution is 0.536. The second-order valence-corrected chi connectivity index (χ2v) is 8.77. The zero-order chi connectivity index (χ0) is 17.6. The van der Waals surface area contributed by atoms with Crippen LogP contribution in [0.4, 0.5) is 0 Å². The molecule has 0 N–H and O–H groups in total. The van der Waals surface area contributed by atoms with Gasteiger partial charge in [0.2, 0.25) is 0 Å². The van der Waals surface area contributed by atoms with Crippen molar-refractivity contribution in [2.24, 2.45) is 0 Å². The van der Waals surface area contributed by atoms with Crippen molar-refractivity contribution in [3.8, 4) is 0 Å². The average Bonchev–Trinajstić information content (AvgIpc) is 3.05. The van der Waals surface area contributed by atoms with Gasteiger partial charge in [0.1, 0.15) is 0 Å². The normalized spacial score (nSPS) is 11.4. The number of hydrogen-bond acceptors (Lipinski definition) is 1. The fourth-order valence-corrected chi connectivity index (χ4v) is 4.76. The number of fused-ring (bicyclic) bond motifs is 1. The Kier molecular flexibility index (Phi) is 11.0. The minimum atomic E-state index is 1.28. The molecule has 1 heterocycles. The Hall–Kier alpha value is -0.820. The number of hydrogen-bond donors (Lipinski definition) is 0. The standard InChI is InChI=1S/C24H38S/c1-2-3-4-5-6-7-8-9-10-11-12-13-14-15-19-23-21-22-18-16-17-20-24(22)25-23/h16-18,20-21H,2-15,19H2,1H3. The third-order valence-corrected chi connectivity index (χ3v) is 6.43. The van der Waals surface area contributed by atoms with Gasteiger partial charge in [-0.05, 0) is 30.4 Å². The Morgan fingerprint density at radius 1 is 0.640 bits per heavy atom. The average molecular weight is 359 g/mol. The van der Waals surface area contributed by atoms with Gasteiger partial charge < -0.3 is 0 Å². The van der Waals surface area contributed by atoms with E-state index in [1.807, 2.05) is 11.3 Å². The van der Waals surface area contributed by atoms with Crippen molar-refractivity contribution >= 4 is 21.4 Å². The van der Waals surface area contributed by atoms with E-state index in [-0.39, 0.29) is 0 Å². The van der Waals surface area contributed by atoms with Crippen LogP contribution in [0.15, 0.2) is 30.3 Å². The number of thiophene rings is 1. The monoisotopic (exact) mass is 358 g/mol. The molecule has 2 rings (SSSR count). The molecule has 0 amide bonds. The van der Waals surface area contributed by atoms with E-state index in [1.54, 1.807) is 4.88 Å². The van der Waals surface area contributed by atoms with Gasteiger partial charge in [0.15, 0.2) is 0 Å². The molecule has 1 heteroatoms. The largest absolute Gasteiger partial charge is 0.140 e. The molecule has 0 bridgehead atoms. The predicted molar refractivity (Wildman–Crippen MR) is 116 cm³/mol. The van der Waals surface area contributed by atoms with Gasteiger partial charge in [0.25, 0.3) is 0 Å². The molecule has 0 saturated carbocycles. The third kappa shape index (κ3) is 8.90. The van der Waals surface area contributed by atoms with E-state index < -0.39 is 0 Å². The van der Waals surface area contributed by atoms with Crippen molar-refractivity contribution in [2.45, 2.75) is 103 Å². The molecule has 1 aromatic heterocycles. The Bertz CT molecular complexity index is 521. The molecular formula is C24H38S. The SMILES string of the molecule is CCCCCCCCCCCCCCCCc1cc2ccccc2s1. The molecule has 0 aliphatic carbocycles. The van der Waals surface area contributed by atoms with Crippen LogP contribution in [-0.2, 0) is 6.42 Å². The first-order chi connectivity index (χ1) is 12.4. The lowest BCUT2D eigenvalue weighted by Gasteiger charge is -2.03. The summed E-state index contributed by atoms with van der Waals surface area (Å²) in [6, 6.07) is 11.2. The van der Waals surface area contributed by atoms with Gasteiger partial charge in [-0.1, -0.05) is 109 Å². The van der Waals surface area contributed by atoms with Crippen LogP contribution in [-0.4, -0.2) is 0 Å². The van der Waals surface area contributed by atoms with E-state index in [2.05, 4.69) is 37.3 Å². The molecule has 140 valence electrons. The zero-order valence-corrected chi connectivity index (χ0v) is 17.2. The molecule has 0 unspecified atom stereocenters. The van der Waals surface area contributed by atoms with E-state index in [0.29, 0.717) is 0 Å². The van der Waals surface area contributed by atoms with Gasteiger partial charge in [-0.15, -0.1) is 11.3 Å². The van der Waals surface area contributed by atoms with E-state index >= 15 is 0 Å². The molecule has 0 atom stereocenters. The van der Waals surface area contributed by atoms with Crippen molar-refractivity contribution in [3.63, 3.8) is 0 Å². The molecule has 0 aliphatic rings. The maximum absolute atomic E-state index is 2.39. The summed E-state index contributed by atoms with van der Waals surface area (Å²) >= 11 is 1.98. The van der Waals surface area contributed by atoms with Gasteiger partial charge in [0.05, 0.1) is 0 Å². The predicted octanol–water partition coefficient (Wildman–Crippen LogP) is 8.93. The summed E-state index contributed by atoms with van der Waals surface area (Å²) in [5.41, 5.74) is 0. The second-order valence-electron chi connectivity index (χ2n) is 7.60. The Morgan fingerprint density at radius 3 is 1.72 bits per heavy atom. The Labute approximate surface area is 160 Å². The third-order valence-electron chi connectivity index (χ3n) is 5.25. The molecule has 0 radical (unpaired) electrons. The first-order valence-electron chi connectivity index (χ1n) is 10.9.